The van der Waals surface area contributed by atoms with Crippen molar-refractivity contribution in [2.75, 3.05) is 6.61 Å². The number of hydrogen-bond donors (Lipinski definition) is 0. The van der Waals surface area contributed by atoms with Crippen molar-refractivity contribution >= 4 is 16.9 Å². The molecule has 0 unspecified atom stereocenters. The van der Waals surface area contributed by atoms with E-state index < -0.39 is 0 Å². The Kier molecular flexibility index (Phi) is 4.46. The number of esters is 1. The molecule has 0 saturated heterocycles. The third-order valence-electron chi connectivity index (χ3n) is 3.50. The highest BCUT2D eigenvalue weighted by molar-refractivity contribution is 5.87. The molecule has 21 heavy (non-hydrogen) atoms. The minimum Gasteiger partial charge on any atom is -0.464 e. The summed E-state index contributed by atoms with van der Waals surface area (Å²) in [4.78, 5) is 24.1. The minimum atomic E-state index is -0.371. The van der Waals surface area contributed by atoms with Gasteiger partial charge in [0.15, 0.2) is 0 Å². The predicted octanol–water partition coefficient (Wildman–Crippen LogP) is 2.88. The molecule has 0 fully saturated rings. The molecule has 0 spiro atoms. The van der Waals surface area contributed by atoms with Crippen molar-refractivity contribution in [3.05, 3.63) is 45.2 Å². The monoisotopic (exact) mass is 287 g/mol. The first kappa shape index (κ1) is 15.3. The van der Waals surface area contributed by atoms with Gasteiger partial charge in [0.2, 0.25) is 0 Å². The van der Waals surface area contributed by atoms with E-state index in [4.69, 9.17) is 4.74 Å². The van der Waals surface area contributed by atoms with Gasteiger partial charge in [-0.05, 0) is 44.4 Å². The quantitative estimate of drug-likeness (QED) is 0.812. The molecular formula is C17H21NO3. The summed E-state index contributed by atoms with van der Waals surface area (Å²) in [6.45, 7) is 8.18. The molecule has 2 rings (SSSR count). The Balaban J connectivity index is 2.58. The summed E-state index contributed by atoms with van der Waals surface area (Å²) < 4.78 is 6.60. The maximum Gasteiger partial charge on any atom is 0.326 e. The molecule has 4 heteroatoms. The number of hydrogen-bond acceptors (Lipinski definition) is 3. The number of carbonyl (C=O) groups excluding carboxylic acids is 1. The summed E-state index contributed by atoms with van der Waals surface area (Å²) >= 11 is 0. The lowest BCUT2D eigenvalue weighted by Crippen LogP contribution is -2.26. The van der Waals surface area contributed by atoms with E-state index in [0.29, 0.717) is 6.61 Å². The van der Waals surface area contributed by atoms with Crippen LogP contribution in [0.3, 0.4) is 0 Å². The lowest BCUT2D eigenvalue weighted by Gasteiger charge is -2.14. The number of rotatable bonds is 4. The first-order chi connectivity index (χ1) is 9.93. The van der Waals surface area contributed by atoms with Crippen LogP contribution in [0.4, 0.5) is 0 Å². The van der Waals surface area contributed by atoms with E-state index in [1.165, 1.54) is 4.57 Å². The average Bonchev–Trinajstić information content (AvgIpc) is 2.41. The second kappa shape index (κ2) is 6.12. The molecule has 0 radical (unpaired) electrons. The van der Waals surface area contributed by atoms with Crippen molar-refractivity contribution in [3.63, 3.8) is 0 Å². The van der Waals surface area contributed by atoms with Gasteiger partial charge >= 0.3 is 5.97 Å². The fraction of sp³-hybridized carbons (Fsp3) is 0.412. The smallest absolute Gasteiger partial charge is 0.326 e. The molecule has 112 valence electrons. The Morgan fingerprint density at radius 1 is 1.14 bits per heavy atom. The second-order valence-corrected chi connectivity index (χ2v) is 5.45. The Labute approximate surface area is 124 Å². The highest BCUT2D eigenvalue weighted by Crippen LogP contribution is 2.22. The van der Waals surface area contributed by atoms with Crippen molar-refractivity contribution in [3.8, 4) is 0 Å². The molecule has 0 amide bonds. The summed E-state index contributed by atoms with van der Waals surface area (Å²) in [5.74, 6) is -0.371. The van der Waals surface area contributed by atoms with E-state index in [1.54, 1.807) is 6.07 Å². The number of aryl methyl sites for hydroxylation is 3. The van der Waals surface area contributed by atoms with E-state index in [9.17, 15) is 9.59 Å². The SMILES string of the molecule is CCCOC(=O)Cn1c(=O)cc(C)c2cc(C)cc(C)c21. The molecule has 0 aliphatic rings. The van der Waals surface area contributed by atoms with Gasteiger partial charge in [-0.2, -0.15) is 0 Å². The number of ether oxygens (including phenoxy) is 1. The Bertz CT molecular complexity index is 744. The van der Waals surface area contributed by atoms with Gasteiger partial charge in [-0.25, -0.2) is 0 Å². The van der Waals surface area contributed by atoms with Gasteiger partial charge in [0, 0.05) is 11.5 Å². The van der Waals surface area contributed by atoms with Crippen molar-refractivity contribution in [1.82, 2.24) is 4.57 Å². The third kappa shape index (κ3) is 3.15. The Morgan fingerprint density at radius 2 is 1.86 bits per heavy atom. The Morgan fingerprint density at radius 3 is 2.52 bits per heavy atom. The first-order valence-corrected chi connectivity index (χ1v) is 7.21. The van der Waals surface area contributed by atoms with E-state index >= 15 is 0 Å². The highest BCUT2D eigenvalue weighted by Gasteiger charge is 2.13. The summed E-state index contributed by atoms with van der Waals surface area (Å²) in [6, 6.07) is 5.65. The fourth-order valence-electron chi connectivity index (χ4n) is 2.62. The topological polar surface area (TPSA) is 48.3 Å². The third-order valence-corrected chi connectivity index (χ3v) is 3.50. The van der Waals surface area contributed by atoms with Crippen LogP contribution in [0.1, 0.15) is 30.0 Å². The van der Waals surface area contributed by atoms with E-state index in [-0.39, 0.29) is 18.1 Å². The van der Waals surface area contributed by atoms with Gasteiger partial charge < -0.3 is 4.74 Å². The van der Waals surface area contributed by atoms with Gasteiger partial charge in [0.25, 0.3) is 5.56 Å². The Hall–Kier alpha value is -2.10. The van der Waals surface area contributed by atoms with E-state index in [1.807, 2.05) is 39.8 Å². The van der Waals surface area contributed by atoms with Gasteiger partial charge in [-0.3, -0.25) is 14.2 Å². The standard InChI is InChI=1S/C17H21NO3/c1-5-6-21-16(20)10-18-15(19)9-12(3)14-8-11(2)7-13(4)17(14)18/h7-9H,5-6,10H2,1-4H3. The van der Waals surface area contributed by atoms with Crippen LogP contribution in [0.2, 0.25) is 0 Å². The number of pyridine rings is 1. The van der Waals surface area contributed by atoms with E-state index in [2.05, 4.69) is 0 Å². The number of fused-ring (bicyclic) bond motifs is 1. The van der Waals surface area contributed by atoms with Crippen molar-refractivity contribution < 1.29 is 9.53 Å². The van der Waals surface area contributed by atoms with Crippen LogP contribution in [0.15, 0.2) is 23.0 Å². The van der Waals surface area contributed by atoms with Crippen LogP contribution in [-0.4, -0.2) is 17.1 Å². The van der Waals surface area contributed by atoms with Gasteiger partial charge in [0.05, 0.1) is 12.1 Å². The van der Waals surface area contributed by atoms with Crippen LogP contribution in [0.5, 0.6) is 0 Å². The number of nitrogens with zero attached hydrogens (tertiary/aromatic N) is 1. The summed E-state index contributed by atoms with van der Waals surface area (Å²) in [6.07, 6.45) is 0.771. The molecule has 1 aromatic carbocycles. The highest BCUT2D eigenvalue weighted by atomic mass is 16.5. The fourth-order valence-corrected chi connectivity index (χ4v) is 2.62. The molecule has 4 nitrogen and oxygen atoms in total. The first-order valence-electron chi connectivity index (χ1n) is 7.21. The summed E-state index contributed by atoms with van der Waals surface area (Å²) in [7, 11) is 0. The molecular weight excluding hydrogens is 266 g/mol. The summed E-state index contributed by atoms with van der Waals surface area (Å²) in [5, 5.41) is 1.01. The zero-order valence-electron chi connectivity index (χ0n) is 13.0. The molecule has 0 saturated carbocycles. The lowest BCUT2D eigenvalue weighted by molar-refractivity contribution is -0.144. The number of benzene rings is 1. The molecule has 1 heterocycles. The van der Waals surface area contributed by atoms with Crippen LogP contribution in [0, 0.1) is 20.8 Å². The largest absolute Gasteiger partial charge is 0.464 e. The lowest BCUT2D eigenvalue weighted by atomic mass is 10.0. The van der Waals surface area contributed by atoms with Crippen molar-refractivity contribution in [2.24, 2.45) is 0 Å². The zero-order chi connectivity index (χ0) is 15.6. The van der Waals surface area contributed by atoms with Crippen molar-refractivity contribution in [1.29, 1.82) is 0 Å². The predicted molar refractivity (Wildman–Crippen MR) is 83.7 cm³/mol. The zero-order valence-corrected chi connectivity index (χ0v) is 13.0. The van der Waals surface area contributed by atoms with Gasteiger partial charge in [-0.1, -0.05) is 18.6 Å². The minimum absolute atomic E-state index is 0.0421. The molecule has 1 aromatic heterocycles. The molecule has 0 N–H and O–H groups in total. The summed E-state index contributed by atoms with van der Waals surface area (Å²) in [5.41, 5.74) is 3.72. The molecule has 0 atom stereocenters. The molecule has 0 aliphatic heterocycles. The van der Waals surface area contributed by atoms with Crippen LogP contribution >= 0.6 is 0 Å². The number of carbonyl (C=O) groups is 1. The van der Waals surface area contributed by atoms with Crippen LogP contribution < -0.4 is 5.56 Å². The maximum absolute atomic E-state index is 12.3. The van der Waals surface area contributed by atoms with Crippen molar-refractivity contribution in [2.45, 2.75) is 40.7 Å². The maximum atomic E-state index is 12.3. The number of aromatic nitrogens is 1. The second-order valence-electron chi connectivity index (χ2n) is 5.45. The normalized spacial score (nSPS) is 10.9. The van der Waals surface area contributed by atoms with Crippen LogP contribution in [-0.2, 0) is 16.1 Å². The van der Waals surface area contributed by atoms with Gasteiger partial charge in [-0.15, -0.1) is 0 Å². The average molecular weight is 287 g/mol. The van der Waals surface area contributed by atoms with Crippen LogP contribution in [0.25, 0.3) is 10.9 Å². The molecule has 0 bridgehead atoms. The van der Waals surface area contributed by atoms with Gasteiger partial charge in [0.1, 0.15) is 6.54 Å². The van der Waals surface area contributed by atoms with E-state index in [0.717, 1.165) is 34.0 Å². The molecule has 0 aliphatic carbocycles. The molecule has 2 aromatic rings.